The Hall–Kier alpha value is -0.890. The summed E-state index contributed by atoms with van der Waals surface area (Å²) in [7, 11) is 1.94. The molecule has 0 saturated carbocycles. The number of nitrogens with one attached hydrogen (secondary N) is 3. The maximum atomic E-state index is 8.19. The highest BCUT2D eigenvalue weighted by Gasteiger charge is 2.17. The predicted octanol–water partition coefficient (Wildman–Crippen LogP) is 0.485. The van der Waals surface area contributed by atoms with Gasteiger partial charge in [-0.2, -0.15) is 0 Å². The Morgan fingerprint density at radius 2 is 2.05 bits per heavy atom. The molecule has 0 amide bonds. The Kier molecular flexibility index (Phi) is 10.1. The SMILES string of the molecule is CCCOCCCNC(C)NCN(C)C(=N)N1CCOCC1. The van der Waals surface area contributed by atoms with E-state index in [0.29, 0.717) is 25.8 Å². The number of rotatable bonds is 10. The maximum absolute atomic E-state index is 8.19. The molecule has 0 aliphatic carbocycles. The average Bonchev–Trinajstić information content (AvgIpc) is 2.56. The van der Waals surface area contributed by atoms with Crippen LogP contribution in [-0.4, -0.2) is 81.7 Å². The number of hydrogen-bond donors (Lipinski definition) is 3. The van der Waals surface area contributed by atoms with E-state index < -0.39 is 0 Å². The van der Waals surface area contributed by atoms with Gasteiger partial charge in [0.15, 0.2) is 5.96 Å². The highest BCUT2D eigenvalue weighted by atomic mass is 16.5. The third-order valence-electron chi connectivity index (χ3n) is 3.57. The van der Waals surface area contributed by atoms with E-state index in [4.69, 9.17) is 14.9 Å². The Morgan fingerprint density at radius 3 is 2.73 bits per heavy atom. The molecule has 0 spiro atoms. The van der Waals surface area contributed by atoms with Crippen LogP contribution < -0.4 is 10.6 Å². The van der Waals surface area contributed by atoms with Crippen LogP contribution in [0.5, 0.6) is 0 Å². The molecular weight excluding hydrogens is 282 g/mol. The summed E-state index contributed by atoms with van der Waals surface area (Å²) < 4.78 is 10.8. The minimum Gasteiger partial charge on any atom is -0.381 e. The molecular formula is C15H33N5O2. The quantitative estimate of drug-likeness (QED) is 0.236. The summed E-state index contributed by atoms with van der Waals surface area (Å²) in [5.41, 5.74) is 0. The predicted molar refractivity (Wildman–Crippen MR) is 89.1 cm³/mol. The molecule has 0 aromatic rings. The van der Waals surface area contributed by atoms with Gasteiger partial charge in [0.1, 0.15) is 0 Å². The monoisotopic (exact) mass is 315 g/mol. The second-order valence-electron chi connectivity index (χ2n) is 5.62. The number of nitrogens with zero attached hydrogens (tertiary/aromatic N) is 2. The van der Waals surface area contributed by atoms with Crippen LogP contribution in [0.2, 0.25) is 0 Å². The van der Waals surface area contributed by atoms with Crippen LogP contribution in [0, 0.1) is 5.41 Å². The van der Waals surface area contributed by atoms with E-state index in [0.717, 1.165) is 45.7 Å². The fraction of sp³-hybridized carbons (Fsp3) is 0.933. The van der Waals surface area contributed by atoms with E-state index in [1.54, 1.807) is 0 Å². The van der Waals surface area contributed by atoms with E-state index in [1.807, 2.05) is 16.8 Å². The minimum absolute atomic E-state index is 0.214. The summed E-state index contributed by atoms with van der Waals surface area (Å²) in [5, 5.41) is 15.0. The number of morpholine rings is 1. The van der Waals surface area contributed by atoms with Crippen molar-refractivity contribution in [1.82, 2.24) is 20.4 Å². The second-order valence-corrected chi connectivity index (χ2v) is 5.62. The zero-order valence-electron chi connectivity index (χ0n) is 14.4. The molecule has 1 unspecified atom stereocenters. The smallest absolute Gasteiger partial charge is 0.194 e. The van der Waals surface area contributed by atoms with E-state index in [2.05, 4.69) is 24.5 Å². The molecule has 130 valence electrons. The molecule has 7 heteroatoms. The van der Waals surface area contributed by atoms with Crippen molar-refractivity contribution >= 4 is 5.96 Å². The van der Waals surface area contributed by atoms with Gasteiger partial charge in [0.2, 0.25) is 0 Å². The maximum Gasteiger partial charge on any atom is 0.194 e. The van der Waals surface area contributed by atoms with Gasteiger partial charge in [0, 0.05) is 33.4 Å². The molecule has 1 heterocycles. The lowest BCUT2D eigenvalue weighted by Gasteiger charge is -2.34. The lowest BCUT2D eigenvalue weighted by molar-refractivity contribution is 0.0622. The van der Waals surface area contributed by atoms with Gasteiger partial charge in [-0.25, -0.2) is 0 Å². The van der Waals surface area contributed by atoms with Crippen LogP contribution in [0.1, 0.15) is 26.7 Å². The van der Waals surface area contributed by atoms with Gasteiger partial charge >= 0.3 is 0 Å². The minimum atomic E-state index is 0.214. The number of guanidine groups is 1. The Balaban J connectivity index is 2.06. The van der Waals surface area contributed by atoms with Crippen molar-refractivity contribution in [3.63, 3.8) is 0 Å². The zero-order valence-corrected chi connectivity index (χ0v) is 14.4. The standard InChI is InChI=1S/C15H33N5O2/c1-4-9-21-10-5-6-17-14(2)18-13-19(3)15(16)20-7-11-22-12-8-20/h14,16-18H,4-13H2,1-3H3. The van der Waals surface area contributed by atoms with Gasteiger partial charge in [-0.15, -0.1) is 0 Å². The van der Waals surface area contributed by atoms with Crippen LogP contribution in [0.15, 0.2) is 0 Å². The van der Waals surface area contributed by atoms with Gasteiger partial charge in [-0.1, -0.05) is 6.92 Å². The molecule has 0 bridgehead atoms. The van der Waals surface area contributed by atoms with Gasteiger partial charge in [0.05, 0.1) is 26.0 Å². The van der Waals surface area contributed by atoms with E-state index in [9.17, 15) is 0 Å². The fourth-order valence-electron chi connectivity index (χ4n) is 2.18. The van der Waals surface area contributed by atoms with Gasteiger partial charge in [-0.05, 0) is 26.3 Å². The molecule has 0 aromatic carbocycles. The summed E-state index contributed by atoms with van der Waals surface area (Å²) in [5.74, 6) is 0.552. The highest BCUT2D eigenvalue weighted by Crippen LogP contribution is 2.00. The van der Waals surface area contributed by atoms with Gasteiger partial charge in [0.25, 0.3) is 0 Å². The Labute approximate surface area is 134 Å². The summed E-state index contributed by atoms with van der Waals surface area (Å²) in [6.07, 6.45) is 2.31. The average molecular weight is 315 g/mol. The molecule has 0 radical (unpaired) electrons. The van der Waals surface area contributed by atoms with Gasteiger partial charge < -0.3 is 24.6 Å². The van der Waals surface area contributed by atoms with E-state index >= 15 is 0 Å². The second kappa shape index (κ2) is 11.6. The van der Waals surface area contributed by atoms with Crippen molar-refractivity contribution in [3.05, 3.63) is 0 Å². The first-order valence-corrected chi connectivity index (χ1v) is 8.32. The number of ether oxygens (including phenoxy) is 2. The summed E-state index contributed by atoms with van der Waals surface area (Å²) in [4.78, 5) is 3.97. The van der Waals surface area contributed by atoms with E-state index in [-0.39, 0.29) is 6.17 Å². The molecule has 1 aliphatic rings. The molecule has 1 rings (SSSR count). The molecule has 1 fully saturated rings. The topological polar surface area (TPSA) is 72.9 Å². The lowest BCUT2D eigenvalue weighted by Crippen LogP contribution is -2.52. The van der Waals surface area contributed by atoms with Crippen molar-refractivity contribution in [2.24, 2.45) is 0 Å². The van der Waals surface area contributed by atoms with Crippen molar-refractivity contribution in [2.45, 2.75) is 32.9 Å². The third-order valence-corrected chi connectivity index (χ3v) is 3.57. The third kappa shape index (κ3) is 7.93. The molecule has 22 heavy (non-hydrogen) atoms. The molecule has 1 saturated heterocycles. The first kappa shape index (κ1) is 19.2. The molecule has 3 N–H and O–H groups in total. The first-order chi connectivity index (χ1) is 10.6. The molecule has 0 aromatic heterocycles. The summed E-state index contributed by atoms with van der Waals surface area (Å²) >= 11 is 0. The fourth-order valence-corrected chi connectivity index (χ4v) is 2.18. The van der Waals surface area contributed by atoms with Gasteiger partial charge in [-0.3, -0.25) is 10.7 Å². The summed E-state index contributed by atoms with van der Waals surface area (Å²) in [6, 6.07) is 0. The van der Waals surface area contributed by atoms with Crippen molar-refractivity contribution < 1.29 is 9.47 Å². The summed E-state index contributed by atoms with van der Waals surface area (Å²) in [6.45, 7) is 10.5. The Morgan fingerprint density at radius 1 is 1.32 bits per heavy atom. The van der Waals surface area contributed by atoms with Crippen molar-refractivity contribution in [3.8, 4) is 0 Å². The number of hydrogen-bond acceptors (Lipinski definition) is 5. The zero-order chi connectivity index (χ0) is 16.2. The lowest BCUT2D eigenvalue weighted by atomic mass is 10.4. The normalized spacial score (nSPS) is 16.6. The van der Waals surface area contributed by atoms with Crippen LogP contribution >= 0.6 is 0 Å². The van der Waals surface area contributed by atoms with Crippen LogP contribution in [0.4, 0.5) is 0 Å². The largest absolute Gasteiger partial charge is 0.381 e. The highest BCUT2D eigenvalue weighted by molar-refractivity contribution is 5.76. The van der Waals surface area contributed by atoms with Crippen molar-refractivity contribution in [2.75, 3.05) is 59.8 Å². The Bertz CT molecular complexity index is 298. The van der Waals surface area contributed by atoms with E-state index in [1.165, 1.54) is 0 Å². The molecule has 1 atom stereocenters. The first-order valence-electron chi connectivity index (χ1n) is 8.32. The molecule has 7 nitrogen and oxygen atoms in total. The van der Waals surface area contributed by atoms with Crippen molar-refractivity contribution in [1.29, 1.82) is 5.41 Å². The van der Waals surface area contributed by atoms with Crippen LogP contribution in [-0.2, 0) is 9.47 Å². The van der Waals surface area contributed by atoms with Crippen LogP contribution in [0.3, 0.4) is 0 Å². The van der Waals surface area contributed by atoms with Crippen LogP contribution in [0.25, 0.3) is 0 Å². The molecule has 1 aliphatic heterocycles.